The number of hydrogen-bond donors (Lipinski definition) is 0. The van der Waals surface area contributed by atoms with Crippen molar-refractivity contribution in [3.63, 3.8) is 0 Å². The largest absolute Gasteiger partial charge is 0.482 e. The van der Waals surface area contributed by atoms with Gasteiger partial charge in [-0.1, -0.05) is 11.6 Å². The Morgan fingerprint density at radius 3 is 2.90 bits per heavy atom. The molecule has 0 saturated heterocycles. The molecule has 108 valence electrons. The van der Waals surface area contributed by atoms with Crippen LogP contribution in [0.2, 0.25) is 5.02 Å². The summed E-state index contributed by atoms with van der Waals surface area (Å²) in [6.07, 6.45) is 1.20. The number of ether oxygens (including phenoxy) is 1. The predicted octanol–water partition coefficient (Wildman–Crippen LogP) is 2.92. The number of rotatable bonds is 5. The van der Waals surface area contributed by atoms with E-state index in [1.807, 2.05) is 6.07 Å². The fourth-order valence-electron chi connectivity index (χ4n) is 1.84. The van der Waals surface area contributed by atoms with E-state index in [-0.39, 0.29) is 12.4 Å². The quantitative estimate of drug-likeness (QED) is 0.625. The van der Waals surface area contributed by atoms with E-state index in [4.69, 9.17) is 21.6 Å². The molecule has 0 saturated carbocycles. The molecule has 2 aromatic rings. The zero-order chi connectivity index (χ0) is 15.4. The summed E-state index contributed by atoms with van der Waals surface area (Å²) in [5, 5.41) is 19.9. The minimum absolute atomic E-state index is 0.0489. The zero-order valence-electron chi connectivity index (χ0n) is 11.1. The normalized spacial score (nSPS) is 10.1. The van der Waals surface area contributed by atoms with Crippen LogP contribution in [0.4, 0.5) is 5.82 Å². The van der Waals surface area contributed by atoms with Crippen LogP contribution in [0, 0.1) is 21.4 Å². The van der Waals surface area contributed by atoms with E-state index in [1.165, 1.54) is 16.8 Å². The number of hydrogen-bond acceptors (Lipinski definition) is 5. The van der Waals surface area contributed by atoms with Crippen LogP contribution in [0.3, 0.4) is 0 Å². The highest BCUT2D eigenvalue weighted by atomic mass is 35.5. The van der Waals surface area contributed by atoms with Crippen molar-refractivity contribution in [2.45, 2.75) is 20.1 Å². The number of nitro groups is 1. The van der Waals surface area contributed by atoms with Crippen molar-refractivity contribution in [3.05, 3.63) is 50.9 Å². The standard InChI is InChI=1S/C13H11ClN4O3/c1-2-17-12(16-7-13(17)18(19)20)8-21-11-4-3-9(6-15)5-10(11)14/h3-5,7H,2,8H2,1H3. The van der Waals surface area contributed by atoms with Gasteiger partial charge >= 0.3 is 5.82 Å². The van der Waals surface area contributed by atoms with E-state index in [1.54, 1.807) is 19.1 Å². The van der Waals surface area contributed by atoms with E-state index in [2.05, 4.69) is 4.98 Å². The SMILES string of the molecule is CCn1c([N+](=O)[O-])cnc1COc1ccc(C#N)cc1Cl. The fourth-order valence-corrected chi connectivity index (χ4v) is 2.07. The minimum Gasteiger partial charge on any atom is -0.482 e. The summed E-state index contributed by atoms with van der Waals surface area (Å²) in [6, 6.07) is 6.62. The summed E-state index contributed by atoms with van der Waals surface area (Å²) in [6.45, 7) is 2.25. The molecule has 0 aliphatic carbocycles. The number of halogens is 1. The predicted molar refractivity (Wildman–Crippen MR) is 75.1 cm³/mol. The van der Waals surface area contributed by atoms with Gasteiger partial charge in [0.15, 0.2) is 6.61 Å². The summed E-state index contributed by atoms with van der Waals surface area (Å²) >= 11 is 5.99. The summed E-state index contributed by atoms with van der Waals surface area (Å²) < 4.78 is 6.97. The number of benzene rings is 1. The molecule has 0 aliphatic rings. The third-order valence-electron chi connectivity index (χ3n) is 2.84. The van der Waals surface area contributed by atoms with E-state index in [0.29, 0.717) is 28.7 Å². The van der Waals surface area contributed by atoms with Crippen LogP contribution in [0.15, 0.2) is 24.4 Å². The summed E-state index contributed by atoms with van der Waals surface area (Å²) in [7, 11) is 0. The van der Waals surface area contributed by atoms with Gasteiger partial charge in [-0.2, -0.15) is 5.26 Å². The Labute approximate surface area is 125 Å². The molecule has 1 heterocycles. The molecular weight excluding hydrogens is 296 g/mol. The molecule has 1 aromatic heterocycles. The van der Waals surface area contributed by atoms with Gasteiger partial charge in [-0.05, 0) is 30.0 Å². The molecular formula is C13H11ClN4O3. The van der Waals surface area contributed by atoms with Gasteiger partial charge in [0.05, 0.1) is 23.2 Å². The van der Waals surface area contributed by atoms with Crippen molar-refractivity contribution in [3.8, 4) is 11.8 Å². The van der Waals surface area contributed by atoms with Gasteiger partial charge in [-0.3, -0.25) is 0 Å². The Hall–Kier alpha value is -2.59. The van der Waals surface area contributed by atoms with Crippen molar-refractivity contribution in [2.24, 2.45) is 0 Å². The van der Waals surface area contributed by atoms with E-state index < -0.39 is 4.92 Å². The summed E-state index contributed by atoms with van der Waals surface area (Å²) in [4.78, 5) is 14.3. The third-order valence-corrected chi connectivity index (χ3v) is 3.13. The molecule has 0 bridgehead atoms. The van der Waals surface area contributed by atoms with Crippen molar-refractivity contribution in [1.29, 1.82) is 5.26 Å². The molecule has 21 heavy (non-hydrogen) atoms. The first-order chi connectivity index (χ1) is 10.1. The molecule has 1 aromatic carbocycles. The fraction of sp³-hybridized carbons (Fsp3) is 0.231. The molecule has 0 N–H and O–H groups in total. The summed E-state index contributed by atoms with van der Waals surface area (Å²) in [5.74, 6) is 0.746. The van der Waals surface area contributed by atoms with Crippen molar-refractivity contribution >= 4 is 17.4 Å². The van der Waals surface area contributed by atoms with Crippen LogP contribution in [0.5, 0.6) is 5.75 Å². The highest BCUT2D eigenvalue weighted by Crippen LogP contribution is 2.26. The molecule has 8 heteroatoms. The Morgan fingerprint density at radius 2 is 2.33 bits per heavy atom. The van der Waals surface area contributed by atoms with Gasteiger partial charge in [0.2, 0.25) is 5.82 Å². The van der Waals surface area contributed by atoms with Gasteiger partial charge in [-0.15, -0.1) is 0 Å². The molecule has 2 rings (SSSR count). The van der Waals surface area contributed by atoms with Gasteiger partial charge in [0.1, 0.15) is 11.9 Å². The monoisotopic (exact) mass is 306 g/mol. The molecule has 0 aliphatic heterocycles. The number of nitriles is 1. The van der Waals surface area contributed by atoms with Crippen molar-refractivity contribution < 1.29 is 9.66 Å². The molecule has 0 unspecified atom stereocenters. The Morgan fingerprint density at radius 1 is 1.57 bits per heavy atom. The van der Waals surface area contributed by atoms with E-state index in [0.717, 1.165) is 0 Å². The lowest BCUT2D eigenvalue weighted by Crippen LogP contribution is -2.08. The van der Waals surface area contributed by atoms with E-state index in [9.17, 15) is 10.1 Å². The lowest BCUT2D eigenvalue weighted by molar-refractivity contribution is -0.392. The minimum atomic E-state index is -0.491. The second-order valence-electron chi connectivity index (χ2n) is 4.08. The lowest BCUT2D eigenvalue weighted by atomic mass is 10.2. The molecule has 7 nitrogen and oxygen atoms in total. The second kappa shape index (κ2) is 6.24. The maximum absolute atomic E-state index is 10.8. The summed E-state index contributed by atoms with van der Waals surface area (Å²) in [5.41, 5.74) is 0.429. The first-order valence-electron chi connectivity index (χ1n) is 6.08. The van der Waals surface area contributed by atoms with Crippen LogP contribution in [-0.2, 0) is 13.2 Å². The second-order valence-corrected chi connectivity index (χ2v) is 4.49. The highest BCUT2D eigenvalue weighted by Gasteiger charge is 2.19. The maximum Gasteiger partial charge on any atom is 0.342 e. The number of nitrogens with zero attached hydrogens (tertiary/aromatic N) is 4. The zero-order valence-corrected chi connectivity index (χ0v) is 11.9. The van der Waals surface area contributed by atoms with Crippen LogP contribution < -0.4 is 4.74 Å². The number of imidazole rings is 1. The lowest BCUT2D eigenvalue weighted by Gasteiger charge is -2.07. The van der Waals surface area contributed by atoms with Crippen LogP contribution in [0.25, 0.3) is 0 Å². The van der Waals surface area contributed by atoms with Crippen LogP contribution >= 0.6 is 11.6 Å². The first kappa shape index (κ1) is 14.8. The van der Waals surface area contributed by atoms with Crippen LogP contribution in [-0.4, -0.2) is 14.5 Å². The average molecular weight is 307 g/mol. The molecule has 0 atom stereocenters. The third kappa shape index (κ3) is 3.12. The molecule has 0 amide bonds. The van der Waals surface area contributed by atoms with E-state index >= 15 is 0 Å². The van der Waals surface area contributed by atoms with Gasteiger partial charge < -0.3 is 14.9 Å². The molecule has 0 radical (unpaired) electrons. The Bertz CT molecular complexity index is 721. The maximum atomic E-state index is 10.8. The van der Waals surface area contributed by atoms with Gasteiger partial charge in [0, 0.05) is 0 Å². The van der Waals surface area contributed by atoms with Crippen molar-refractivity contribution in [1.82, 2.24) is 9.55 Å². The Balaban J connectivity index is 2.17. The molecule has 0 fully saturated rings. The van der Waals surface area contributed by atoms with Gasteiger partial charge in [-0.25, -0.2) is 9.55 Å². The molecule has 0 spiro atoms. The Kier molecular flexibility index (Phi) is 4.40. The van der Waals surface area contributed by atoms with Crippen molar-refractivity contribution in [2.75, 3.05) is 0 Å². The highest BCUT2D eigenvalue weighted by molar-refractivity contribution is 6.32. The average Bonchev–Trinajstić information content (AvgIpc) is 2.88. The van der Waals surface area contributed by atoms with Crippen LogP contribution in [0.1, 0.15) is 18.3 Å². The smallest absolute Gasteiger partial charge is 0.342 e. The van der Waals surface area contributed by atoms with Gasteiger partial charge in [0.25, 0.3) is 0 Å². The number of aromatic nitrogens is 2. The topological polar surface area (TPSA) is 94.0 Å². The first-order valence-corrected chi connectivity index (χ1v) is 6.45.